The fourth-order valence-corrected chi connectivity index (χ4v) is 4.71. The van der Waals surface area contributed by atoms with Gasteiger partial charge in [0.15, 0.2) is 11.6 Å². The Labute approximate surface area is 139 Å². The molecule has 1 nitrogen and oxygen atoms in total. The maximum atomic E-state index is 13.9. The van der Waals surface area contributed by atoms with Gasteiger partial charge in [0, 0.05) is 0 Å². The van der Waals surface area contributed by atoms with Crippen LogP contribution in [-0.4, -0.2) is 7.11 Å². The van der Waals surface area contributed by atoms with Gasteiger partial charge in [-0.3, -0.25) is 0 Å². The van der Waals surface area contributed by atoms with Crippen LogP contribution in [0, 0.1) is 23.6 Å². The smallest absolute Gasteiger partial charge is 0.165 e. The second-order valence-corrected chi connectivity index (χ2v) is 7.42. The molecule has 0 atom stereocenters. The first-order valence-corrected chi connectivity index (χ1v) is 9.17. The first kappa shape index (κ1) is 16.5. The molecule has 2 heteroatoms. The van der Waals surface area contributed by atoms with Crippen molar-refractivity contribution in [1.29, 1.82) is 0 Å². The van der Waals surface area contributed by atoms with Crippen molar-refractivity contribution in [2.75, 3.05) is 7.11 Å². The molecule has 2 aliphatic carbocycles. The predicted octanol–water partition coefficient (Wildman–Crippen LogP) is 6.10. The van der Waals surface area contributed by atoms with Crippen LogP contribution in [0.5, 0.6) is 5.75 Å². The summed E-state index contributed by atoms with van der Waals surface area (Å²) < 4.78 is 18.9. The Bertz CT molecular complexity index is 523. The summed E-state index contributed by atoms with van der Waals surface area (Å²) in [5, 5.41) is 0. The highest BCUT2D eigenvalue weighted by Crippen LogP contribution is 2.44. The summed E-state index contributed by atoms with van der Waals surface area (Å²) in [6.45, 7) is 3.95. The van der Waals surface area contributed by atoms with Crippen molar-refractivity contribution in [1.82, 2.24) is 0 Å². The second kappa shape index (κ2) is 7.51. The van der Waals surface area contributed by atoms with Crippen molar-refractivity contribution in [2.24, 2.45) is 17.8 Å². The zero-order chi connectivity index (χ0) is 16.2. The SMILES string of the molecule is C=CC1CCC(C2CCC(c3ccc(OC)c(F)c3)CC2)CC1. The van der Waals surface area contributed by atoms with Crippen LogP contribution in [0.1, 0.15) is 62.8 Å². The van der Waals surface area contributed by atoms with Gasteiger partial charge in [-0.1, -0.05) is 12.1 Å². The summed E-state index contributed by atoms with van der Waals surface area (Å²) >= 11 is 0. The van der Waals surface area contributed by atoms with E-state index in [1.54, 1.807) is 12.1 Å². The minimum Gasteiger partial charge on any atom is -0.494 e. The van der Waals surface area contributed by atoms with Gasteiger partial charge in [-0.25, -0.2) is 4.39 Å². The monoisotopic (exact) mass is 316 g/mol. The molecule has 126 valence electrons. The summed E-state index contributed by atoms with van der Waals surface area (Å²) in [6, 6.07) is 5.49. The lowest BCUT2D eigenvalue weighted by Gasteiger charge is -2.37. The Balaban J connectivity index is 1.54. The highest BCUT2D eigenvalue weighted by atomic mass is 19.1. The Hall–Kier alpha value is -1.31. The number of halogens is 1. The van der Waals surface area contributed by atoms with E-state index in [1.807, 2.05) is 6.07 Å². The van der Waals surface area contributed by atoms with Crippen molar-refractivity contribution in [3.8, 4) is 5.75 Å². The van der Waals surface area contributed by atoms with E-state index in [2.05, 4.69) is 12.7 Å². The summed E-state index contributed by atoms with van der Waals surface area (Å²) in [6.07, 6.45) is 12.6. The average molecular weight is 316 g/mol. The molecule has 1 aromatic carbocycles. The van der Waals surface area contributed by atoms with E-state index in [0.717, 1.165) is 23.3 Å². The fourth-order valence-electron chi connectivity index (χ4n) is 4.71. The van der Waals surface area contributed by atoms with E-state index in [1.165, 1.54) is 58.5 Å². The predicted molar refractivity (Wildman–Crippen MR) is 93.3 cm³/mol. The standard InChI is InChI=1S/C21H29FO/c1-3-15-4-6-16(7-5-15)17-8-10-18(11-9-17)19-12-13-21(23-2)20(22)14-19/h3,12-18H,1,4-11H2,2H3. The first-order chi connectivity index (χ1) is 11.2. The number of rotatable bonds is 4. The van der Waals surface area contributed by atoms with Gasteiger partial charge in [0.1, 0.15) is 0 Å². The number of hydrogen-bond acceptors (Lipinski definition) is 1. The van der Waals surface area contributed by atoms with Crippen LogP contribution in [0.4, 0.5) is 4.39 Å². The third-order valence-corrected chi connectivity index (χ3v) is 6.24. The van der Waals surface area contributed by atoms with Crippen molar-refractivity contribution < 1.29 is 9.13 Å². The summed E-state index contributed by atoms with van der Waals surface area (Å²) in [5.74, 6) is 3.21. The Kier molecular flexibility index (Phi) is 5.40. The fraction of sp³-hybridized carbons (Fsp3) is 0.619. The molecule has 0 heterocycles. The van der Waals surface area contributed by atoms with E-state index >= 15 is 0 Å². The van der Waals surface area contributed by atoms with Crippen LogP contribution in [0.15, 0.2) is 30.9 Å². The lowest BCUT2D eigenvalue weighted by Crippen LogP contribution is -2.25. The maximum Gasteiger partial charge on any atom is 0.165 e. The van der Waals surface area contributed by atoms with Crippen LogP contribution < -0.4 is 4.74 Å². The van der Waals surface area contributed by atoms with Crippen LogP contribution in [-0.2, 0) is 0 Å². The molecule has 2 fully saturated rings. The zero-order valence-electron chi connectivity index (χ0n) is 14.3. The Morgan fingerprint density at radius 3 is 2.13 bits per heavy atom. The third kappa shape index (κ3) is 3.79. The summed E-state index contributed by atoms with van der Waals surface area (Å²) in [5.41, 5.74) is 1.15. The van der Waals surface area contributed by atoms with Gasteiger partial charge < -0.3 is 4.74 Å². The zero-order valence-corrected chi connectivity index (χ0v) is 14.3. The van der Waals surface area contributed by atoms with Gasteiger partial charge in [-0.05, 0) is 92.7 Å². The molecule has 0 aliphatic heterocycles. The van der Waals surface area contributed by atoms with Gasteiger partial charge in [0.2, 0.25) is 0 Å². The summed E-state index contributed by atoms with van der Waals surface area (Å²) in [4.78, 5) is 0. The molecule has 0 aromatic heterocycles. The van der Waals surface area contributed by atoms with Crippen molar-refractivity contribution >= 4 is 0 Å². The van der Waals surface area contributed by atoms with E-state index < -0.39 is 0 Å². The molecule has 0 bridgehead atoms. The molecule has 2 aliphatic rings. The summed E-state index contributed by atoms with van der Waals surface area (Å²) in [7, 11) is 1.52. The number of hydrogen-bond donors (Lipinski definition) is 0. The number of allylic oxidation sites excluding steroid dienone is 1. The molecule has 1 aromatic rings. The molecule has 2 saturated carbocycles. The third-order valence-electron chi connectivity index (χ3n) is 6.24. The normalized spacial score (nSPS) is 31.6. The van der Waals surface area contributed by atoms with Crippen LogP contribution in [0.25, 0.3) is 0 Å². The van der Waals surface area contributed by atoms with Gasteiger partial charge in [-0.15, -0.1) is 6.58 Å². The van der Waals surface area contributed by atoms with E-state index in [9.17, 15) is 4.39 Å². The first-order valence-electron chi connectivity index (χ1n) is 9.17. The van der Waals surface area contributed by atoms with Crippen LogP contribution in [0.3, 0.4) is 0 Å². The topological polar surface area (TPSA) is 9.23 Å². The molecule has 0 amide bonds. The lowest BCUT2D eigenvalue weighted by molar-refractivity contribution is 0.171. The molecule has 0 unspecified atom stereocenters. The Morgan fingerprint density at radius 2 is 1.61 bits per heavy atom. The maximum absolute atomic E-state index is 13.9. The molecule has 3 rings (SSSR count). The van der Waals surface area contributed by atoms with Gasteiger partial charge >= 0.3 is 0 Å². The van der Waals surface area contributed by atoms with Crippen molar-refractivity contribution in [3.05, 3.63) is 42.2 Å². The highest BCUT2D eigenvalue weighted by Gasteiger charge is 2.30. The molecule has 0 radical (unpaired) electrons. The van der Waals surface area contributed by atoms with E-state index in [4.69, 9.17) is 4.74 Å². The number of methoxy groups -OCH3 is 1. The lowest BCUT2D eigenvalue weighted by atomic mass is 9.68. The van der Waals surface area contributed by atoms with Gasteiger partial charge in [-0.2, -0.15) is 0 Å². The minimum atomic E-state index is -0.227. The second-order valence-electron chi connectivity index (χ2n) is 7.42. The van der Waals surface area contributed by atoms with Gasteiger partial charge in [0.25, 0.3) is 0 Å². The quantitative estimate of drug-likeness (QED) is 0.610. The largest absolute Gasteiger partial charge is 0.494 e. The van der Waals surface area contributed by atoms with E-state index in [-0.39, 0.29) is 5.82 Å². The molecule has 23 heavy (non-hydrogen) atoms. The molecular weight excluding hydrogens is 287 g/mol. The van der Waals surface area contributed by atoms with Crippen LogP contribution >= 0.6 is 0 Å². The number of ether oxygens (including phenoxy) is 1. The van der Waals surface area contributed by atoms with Crippen LogP contribution in [0.2, 0.25) is 0 Å². The molecule has 0 spiro atoms. The number of benzene rings is 1. The molecule has 0 N–H and O–H groups in total. The van der Waals surface area contributed by atoms with Crippen molar-refractivity contribution in [2.45, 2.75) is 57.3 Å². The van der Waals surface area contributed by atoms with E-state index in [0.29, 0.717) is 11.7 Å². The van der Waals surface area contributed by atoms with Crippen molar-refractivity contribution in [3.63, 3.8) is 0 Å². The van der Waals surface area contributed by atoms with Gasteiger partial charge in [0.05, 0.1) is 7.11 Å². The minimum absolute atomic E-state index is 0.227. The highest BCUT2D eigenvalue weighted by molar-refractivity contribution is 5.31. The molecule has 0 saturated heterocycles. The Morgan fingerprint density at radius 1 is 1.00 bits per heavy atom. The molecular formula is C21H29FO. The average Bonchev–Trinajstić information content (AvgIpc) is 2.62.